The van der Waals surface area contributed by atoms with Crippen LogP contribution in [0.25, 0.3) is 0 Å². The SMILES string of the molecule is CCOP(OCC)SC(Cc1ccccc1)c1ccccc1O. The molecular weight excluding hydrogens is 327 g/mol. The Labute approximate surface area is 143 Å². The van der Waals surface area contributed by atoms with Gasteiger partial charge in [0, 0.05) is 10.8 Å². The van der Waals surface area contributed by atoms with Gasteiger partial charge in [-0.2, -0.15) is 0 Å². The largest absolute Gasteiger partial charge is 0.508 e. The number of rotatable bonds is 9. The monoisotopic (exact) mass is 350 g/mol. The molecule has 2 rings (SSSR count). The number of phenols is 1. The van der Waals surface area contributed by atoms with Crippen molar-refractivity contribution in [2.24, 2.45) is 0 Å². The van der Waals surface area contributed by atoms with E-state index >= 15 is 0 Å². The van der Waals surface area contributed by atoms with Crippen molar-refractivity contribution in [3.8, 4) is 5.75 Å². The lowest BCUT2D eigenvalue weighted by molar-refractivity contribution is 0.283. The van der Waals surface area contributed by atoms with Gasteiger partial charge in [-0.05, 0) is 31.9 Å². The van der Waals surface area contributed by atoms with Crippen molar-refractivity contribution in [1.82, 2.24) is 0 Å². The molecule has 1 atom stereocenters. The maximum absolute atomic E-state index is 10.2. The molecule has 1 N–H and O–H groups in total. The van der Waals surface area contributed by atoms with Gasteiger partial charge >= 0.3 is 0 Å². The Morgan fingerprint density at radius 2 is 1.57 bits per heavy atom. The van der Waals surface area contributed by atoms with E-state index in [1.165, 1.54) is 5.56 Å². The summed E-state index contributed by atoms with van der Waals surface area (Å²) in [4.78, 5) is 0. The van der Waals surface area contributed by atoms with E-state index in [2.05, 4.69) is 12.1 Å². The van der Waals surface area contributed by atoms with Crippen LogP contribution in [0.3, 0.4) is 0 Å². The van der Waals surface area contributed by atoms with E-state index in [0.29, 0.717) is 19.0 Å². The van der Waals surface area contributed by atoms with E-state index in [4.69, 9.17) is 9.05 Å². The van der Waals surface area contributed by atoms with Crippen LogP contribution in [0.1, 0.15) is 30.2 Å². The lowest BCUT2D eigenvalue weighted by atomic mass is 10.0. The van der Waals surface area contributed by atoms with Crippen molar-refractivity contribution in [2.75, 3.05) is 13.2 Å². The summed E-state index contributed by atoms with van der Waals surface area (Å²) in [7, 11) is -1.03. The molecule has 1 unspecified atom stereocenters. The zero-order chi connectivity index (χ0) is 16.5. The average molecular weight is 350 g/mol. The maximum Gasteiger partial charge on any atom is 0.238 e. The second-order valence-corrected chi connectivity index (χ2v) is 8.17. The molecule has 0 aliphatic rings. The van der Waals surface area contributed by atoms with Crippen molar-refractivity contribution in [3.63, 3.8) is 0 Å². The highest BCUT2D eigenvalue weighted by atomic mass is 32.7. The van der Waals surface area contributed by atoms with Gasteiger partial charge in [0.1, 0.15) is 5.75 Å². The number of benzene rings is 2. The first-order chi connectivity index (χ1) is 11.2. The molecule has 23 heavy (non-hydrogen) atoms. The summed E-state index contributed by atoms with van der Waals surface area (Å²) >= 11 is 1.66. The minimum atomic E-state index is -1.03. The number of aromatic hydroxyl groups is 1. The molecule has 2 aromatic rings. The van der Waals surface area contributed by atoms with Gasteiger partial charge in [0.25, 0.3) is 0 Å². The van der Waals surface area contributed by atoms with Crippen molar-refractivity contribution in [2.45, 2.75) is 25.5 Å². The minimum absolute atomic E-state index is 0.0859. The maximum atomic E-state index is 10.2. The lowest BCUT2D eigenvalue weighted by Crippen LogP contribution is -2.00. The molecule has 0 spiro atoms. The molecule has 0 radical (unpaired) electrons. The minimum Gasteiger partial charge on any atom is -0.508 e. The van der Waals surface area contributed by atoms with Gasteiger partial charge in [-0.25, -0.2) is 0 Å². The Bertz CT molecular complexity index is 573. The van der Waals surface area contributed by atoms with E-state index in [0.717, 1.165) is 12.0 Å². The predicted octanol–water partition coefficient (Wildman–Crippen LogP) is 5.71. The van der Waals surface area contributed by atoms with E-state index < -0.39 is 7.58 Å². The quantitative estimate of drug-likeness (QED) is 0.588. The summed E-state index contributed by atoms with van der Waals surface area (Å²) in [6.07, 6.45) is 0.821. The Morgan fingerprint density at radius 1 is 0.957 bits per heavy atom. The van der Waals surface area contributed by atoms with Gasteiger partial charge < -0.3 is 14.2 Å². The van der Waals surface area contributed by atoms with Crippen molar-refractivity contribution in [3.05, 3.63) is 65.7 Å². The molecule has 0 aliphatic heterocycles. The van der Waals surface area contributed by atoms with Gasteiger partial charge in [-0.1, -0.05) is 59.9 Å². The van der Waals surface area contributed by atoms with E-state index in [9.17, 15) is 5.11 Å². The third kappa shape index (κ3) is 5.82. The van der Waals surface area contributed by atoms with Crippen LogP contribution in [0, 0.1) is 0 Å². The molecule has 5 heteroatoms. The normalized spacial score (nSPS) is 12.5. The first-order valence-electron chi connectivity index (χ1n) is 7.79. The molecule has 0 amide bonds. The standard InChI is InChI=1S/C18H23O3PS/c1-3-20-22(21-4-2)23-18(14-15-10-6-5-7-11-15)16-12-8-9-13-17(16)19/h5-13,18-19H,3-4,14H2,1-2H3. The van der Waals surface area contributed by atoms with Crippen LogP contribution in [-0.4, -0.2) is 18.3 Å². The Kier molecular flexibility index (Phi) is 7.90. The molecule has 0 aromatic heterocycles. The third-order valence-corrected chi connectivity index (χ3v) is 6.93. The molecule has 124 valence electrons. The zero-order valence-corrected chi connectivity index (χ0v) is 15.2. The summed E-state index contributed by atoms with van der Waals surface area (Å²) in [6.45, 7) is 5.19. The number of hydrogen-bond acceptors (Lipinski definition) is 4. The predicted molar refractivity (Wildman–Crippen MR) is 98.8 cm³/mol. The molecule has 3 nitrogen and oxygen atoms in total. The van der Waals surface area contributed by atoms with Gasteiger partial charge in [-0.3, -0.25) is 0 Å². The highest BCUT2D eigenvalue weighted by molar-refractivity contribution is 8.52. The van der Waals surface area contributed by atoms with Crippen LogP contribution in [0.15, 0.2) is 54.6 Å². The lowest BCUT2D eigenvalue weighted by Gasteiger charge is -2.23. The highest BCUT2D eigenvalue weighted by Gasteiger charge is 2.23. The Morgan fingerprint density at radius 3 is 2.17 bits per heavy atom. The summed E-state index contributed by atoms with van der Waals surface area (Å²) in [5, 5.41) is 10.3. The summed E-state index contributed by atoms with van der Waals surface area (Å²) < 4.78 is 11.5. The molecule has 0 bridgehead atoms. The van der Waals surface area contributed by atoms with Gasteiger partial charge in [0.15, 0.2) is 0 Å². The zero-order valence-electron chi connectivity index (χ0n) is 13.5. The van der Waals surface area contributed by atoms with Gasteiger partial charge in [-0.15, -0.1) is 0 Å². The molecule has 0 saturated carbocycles. The summed E-state index contributed by atoms with van der Waals surface area (Å²) in [6, 6.07) is 17.8. The van der Waals surface area contributed by atoms with E-state index in [1.54, 1.807) is 17.4 Å². The first-order valence-corrected chi connectivity index (χ1v) is 10.4. The number of para-hydroxylation sites is 1. The van der Waals surface area contributed by atoms with Crippen LogP contribution in [-0.2, 0) is 15.5 Å². The molecule has 0 fully saturated rings. The van der Waals surface area contributed by atoms with E-state index in [-0.39, 0.29) is 5.25 Å². The summed E-state index contributed by atoms with van der Waals surface area (Å²) in [5.41, 5.74) is 2.16. The van der Waals surface area contributed by atoms with Crippen LogP contribution in [0.4, 0.5) is 0 Å². The summed E-state index contributed by atoms with van der Waals surface area (Å²) in [5.74, 6) is 0.323. The van der Waals surface area contributed by atoms with Gasteiger partial charge in [0.05, 0.1) is 13.2 Å². The van der Waals surface area contributed by atoms with Crippen molar-refractivity contribution < 1.29 is 14.2 Å². The smallest absolute Gasteiger partial charge is 0.238 e. The van der Waals surface area contributed by atoms with Crippen molar-refractivity contribution in [1.29, 1.82) is 0 Å². The van der Waals surface area contributed by atoms with E-state index in [1.807, 2.05) is 50.2 Å². The Hall–Kier alpha value is -1.06. The number of phenolic OH excluding ortho intramolecular Hbond substituents is 1. The van der Waals surface area contributed by atoms with Crippen LogP contribution in [0.2, 0.25) is 0 Å². The van der Waals surface area contributed by atoms with Crippen LogP contribution >= 0.6 is 19.0 Å². The topological polar surface area (TPSA) is 38.7 Å². The average Bonchev–Trinajstić information content (AvgIpc) is 2.56. The van der Waals surface area contributed by atoms with Crippen LogP contribution in [0.5, 0.6) is 5.75 Å². The number of hydrogen-bond donors (Lipinski definition) is 1. The van der Waals surface area contributed by atoms with Crippen LogP contribution < -0.4 is 0 Å². The van der Waals surface area contributed by atoms with Crippen molar-refractivity contribution >= 4 is 19.0 Å². The fraction of sp³-hybridized carbons (Fsp3) is 0.333. The fourth-order valence-corrected chi connectivity index (χ4v) is 5.80. The second kappa shape index (κ2) is 9.94. The highest BCUT2D eigenvalue weighted by Crippen LogP contribution is 2.59. The molecule has 0 saturated heterocycles. The second-order valence-electron chi connectivity index (χ2n) is 4.90. The molecule has 2 aromatic carbocycles. The molecular formula is C18H23O3PS. The Balaban J connectivity index is 2.22. The first kappa shape index (κ1) is 18.3. The molecule has 0 aliphatic carbocycles. The molecule has 0 heterocycles. The van der Waals surface area contributed by atoms with Gasteiger partial charge in [0.2, 0.25) is 7.58 Å². The fourth-order valence-electron chi connectivity index (χ4n) is 2.20. The third-order valence-electron chi connectivity index (χ3n) is 3.23.